The van der Waals surface area contributed by atoms with Crippen LogP contribution in [-0.2, 0) is 26.3 Å². The first kappa shape index (κ1) is 27.8. The molecule has 1 aliphatic heterocycles. The second-order valence-electron chi connectivity index (χ2n) is 9.18. The van der Waals surface area contributed by atoms with Crippen LogP contribution in [0.15, 0.2) is 73.1 Å². The number of rotatable bonds is 10. The van der Waals surface area contributed by atoms with Gasteiger partial charge in [-0.3, -0.25) is 15.0 Å². The normalized spacial score (nSPS) is 16.2. The molecule has 4 rings (SSSR count). The standard InChI is InChI=1S/C26H30N8O4S/c27-23(28)24-30-14-17(15-31-24)16-32-25(35)20-12-7-13-34(20)26(36)22(33-39(29,37)38)21(18-8-3-1-4-9-18)19-10-5-2-6-11-19/h1-6,8-11,14-15,20-22,33H,7,12-13,16H2,(H3,27,28)(H,32,35)(H2,29,37,38)/t20-,22?/m0/s1. The highest BCUT2D eigenvalue weighted by atomic mass is 32.2. The molecule has 0 bridgehead atoms. The number of amides is 2. The minimum atomic E-state index is -4.29. The van der Waals surface area contributed by atoms with Gasteiger partial charge in [0.25, 0.3) is 10.2 Å². The van der Waals surface area contributed by atoms with E-state index in [1.165, 1.54) is 17.3 Å². The third-order valence-electron chi connectivity index (χ3n) is 6.46. The van der Waals surface area contributed by atoms with Gasteiger partial charge in [-0.25, -0.2) is 15.1 Å². The molecule has 1 unspecified atom stereocenters. The summed E-state index contributed by atoms with van der Waals surface area (Å²) in [4.78, 5) is 36.5. The first-order chi connectivity index (χ1) is 18.6. The molecule has 2 heterocycles. The number of nitrogens with one attached hydrogen (secondary N) is 3. The highest BCUT2D eigenvalue weighted by Crippen LogP contribution is 2.31. The maximum atomic E-state index is 14.0. The fourth-order valence-corrected chi connectivity index (χ4v) is 5.30. The van der Waals surface area contributed by atoms with Gasteiger partial charge in [0.05, 0.1) is 0 Å². The van der Waals surface area contributed by atoms with Crippen molar-refractivity contribution in [2.75, 3.05) is 6.54 Å². The van der Waals surface area contributed by atoms with Gasteiger partial charge in [0, 0.05) is 37.0 Å². The Morgan fingerprint density at radius 1 is 1.03 bits per heavy atom. The Kier molecular flexibility index (Phi) is 8.64. The van der Waals surface area contributed by atoms with E-state index in [9.17, 15) is 18.0 Å². The monoisotopic (exact) mass is 550 g/mol. The molecule has 0 aliphatic carbocycles. The number of nitrogen functional groups attached to an aromatic ring is 1. The molecule has 0 radical (unpaired) electrons. The zero-order chi connectivity index (χ0) is 28.0. The van der Waals surface area contributed by atoms with E-state index in [1.54, 1.807) is 0 Å². The van der Waals surface area contributed by atoms with Gasteiger partial charge >= 0.3 is 0 Å². The van der Waals surface area contributed by atoms with Gasteiger partial charge in [-0.2, -0.15) is 13.1 Å². The molecular weight excluding hydrogens is 520 g/mol. The predicted molar refractivity (Wildman–Crippen MR) is 144 cm³/mol. The molecule has 1 aliphatic rings. The number of hydrogen-bond acceptors (Lipinski definition) is 7. The van der Waals surface area contributed by atoms with Crippen molar-refractivity contribution in [2.45, 2.75) is 37.4 Å². The van der Waals surface area contributed by atoms with E-state index in [1.807, 2.05) is 60.7 Å². The van der Waals surface area contributed by atoms with Gasteiger partial charge < -0.3 is 16.0 Å². The molecule has 0 spiro atoms. The summed E-state index contributed by atoms with van der Waals surface area (Å²) in [5, 5.41) is 15.5. The van der Waals surface area contributed by atoms with Crippen molar-refractivity contribution >= 4 is 27.9 Å². The number of carbonyl (C=O) groups excluding carboxylic acids is 2. The Hall–Kier alpha value is -4.20. The molecule has 0 saturated carbocycles. The lowest BCUT2D eigenvalue weighted by atomic mass is 9.84. The van der Waals surface area contributed by atoms with Gasteiger partial charge in [-0.05, 0) is 24.0 Å². The van der Waals surface area contributed by atoms with Crippen LogP contribution in [0.5, 0.6) is 0 Å². The third kappa shape index (κ3) is 7.02. The largest absolute Gasteiger partial charge is 0.381 e. The molecular formula is C26H30N8O4S. The van der Waals surface area contributed by atoms with Gasteiger partial charge in [-0.15, -0.1) is 0 Å². The van der Waals surface area contributed by atoms with Crippen LogP contribution in [0, 0.1) is 5.41 Å². The first-order valence-corrected chi connectivity index (χ1v) is 13.8. The smallest absolute Gasteiger partial charge is 0.275 e. The molecule has 1 saturated heterocycles. The molecule has 7 N–H and O–H groups in total. The molecule has 39 heavy (non-hydrogen) atoms. The van der Waals surface area contributed by atoms with Gasteiger partial charge in [0.2, 0.25) is 11.8 Å². The fourth-order valence-electron chi connectivity index (χ4n) is 4.71. The summed E-state index contributed by atoms with van der Waals surface area (Å²) in [6.07, 6.45) is 3.90. The van der Waals surface area contributed by atoms with E-state index in [0.717, 1.165) is 0 Å². The quantitative estimate of drug-likeness (QED) is 0.177. The van der Waals surface area contributed by atoms with Gasteiger partial charge in [-0.1, -0.05) is 60.7 Å². The Balaban J connectivity index is 1.59. The van der Waals surface area contributed by atoms with Crippen LogP contribution in [-0.4, -0.2) is 59.6 Å². The third-order valence-corrected chi connectivity index (χ3v) is 7.04. The number of amidine groups is 1. The van der Waals surface area contributed by atoms with E-state index in [4.69, 9.17) is 16.3 Å². The van der Waals surface area contributed by atoms with E-state index < -0.39 is 34.1 Å². The number of carbonyl (C=O) groups is 2. The summed E-state index contributed by atoms with van der Waals surface area (Å²) < 4.78 is 26.8. The zero-order valence-electron chi connectivity index (χ0n) is 21.0. The lowest BCUT2D eigenvalue weighted by Gasteiger charge is -2.33. The summed E-state index contributed by atoms with van der Waals surface area (Å²) >= 11 is 0. The second kappa shape index (κ2) is 12.1. The van der Waals surface area contributed by atoms with Crippen molar-refractivity contribution < 1.29 is 18.0 Å². The molecule has 2 aromatic carbocycles. The zero-order valence-corrected chi connectivity index (χ0v) is 21.8. The number of nitrogens with zero attached hydrogens (tertiary/aromatic N) is 3. The summed E-state index contributed by atoms with van der Waals surface area (Å²) in [6, 6.07) is 16.1. The van der Waals surface area contributed by atoms with Crippen LogP contribution in [0.4, 0.5) is 0 Å². The average molecular weight is 551 g/mol. The van der Waals surface area contributed by atoms with Crippen LogP contribution in [0.25, 0.3) is 0 Å². The lowest BCUT2D eigenvalue weighted by Crippen LogP contribution is -2.56. The highest BCUT2D eigenvalue weighted by Gasteiger charge is 2.42. The highest BCUT2D eigenvalue weighted by molar-refractivity contribution is 7.87. The molecule has 1 fully saturated rings. The summed E-state index contributed by atoms with van der Waals surface area (Å²) in [5.74, 6) is -1.81. The average Bonchev–Trinajstić information content (AvgIpc) is 3.42. The van der Waals surface area contributed by atoms with E-state index >= 15 is 0 Å². The first-order valence-electron chi connectivity index (χ1n) is 12.3. The Bertz CT molecular complexity index is 1380. The SMILES string of the molecule is N=C(N)c1ncc(CNC(=O)[C@@H]2CCCN2C(=O)C(NS(N)(=O)=O)C(c2ccccc2)c2ccccc2)cn1. The van der Waals surface area contributed by atoms with Crippen LogP contribution < -0.4 is 20.9 Å². The predicted octanol–water partition coefficient (Wildman–Crippen LogP) is 0.362. The van der Waals surface area contributed by atoms with Crippen LogP contribution in [0.2, 0.25) is 0 Å². The molecule has 13 heteroatoms. The van der Waals surface area contributed by atoms with E-state index in [-0.39, 0.29) is 30.7 Å². The van der Waals surface area contributed by atoms with Crippen molar-refractivity contribution in [3.8, 4) is 0 Å². The van der Waals surface area contributed by atoms with Crippen molar-refractivity contribution in [1.29, 1.82) is 5.41 Å². The molecule has 2 atom stereocenters. The maximum absolute atomic E-state index is 14.0. The molecule has 3 aromatic rings. The van der Waals surface area contributed by atoms with Crippen molar-refractivity contribution in [3.63, 3.8) is 0 Å². The number of benzene rings is 2. The maximum Gasteiger partial charge on any atom is 0.275 e. The second-order valence-corrected chi connectivity index (χ2v) is 10.5. The topological polar surface area (TPSA) is 197 Å². The Labute approximate surface area is 226 Å². The molecule has 12 nitrogen and oxygen atoms in total. The van der Waals surface area contributed by atoms with Gasteiger partial charge in [0.1, 0.15) is 12.1 Å². The summed E-state index contributed by atoms with van der Waals surface area (Å²) in [7, 11) is -4.29. The molecule has 2 amide bonds. The number of likely N-dealkylation sites (tertiary alicyclic amines) is 1. The van der Waals surface area contributed by atoms with E-state index in [2.05, 4.69) is 20.0 Å². The van der Waals surface area contributed by atoms with Crippen LogP contribution in [0.3, 0.4) is 0 Å². The lowest BCUT2D eigenvalue weighted by molar-refractivity contribution is -0.140. The molecule has 204 valence electrons. The Morgan fingerprint density at radius 3 is 2.10 bits per heavy atom. The fraction of sp³-hybridized carbons (Fsp3) is 0.269. The van der Waals surface area contributed by atoms with Crippen LogP contribution in [0.1, 0.15) is 41.3 Å². The minimum Gasteiger partial charge on any atom is -0.381 e. The Morgan fingerprint density at radius 2 is 1.59 bits per heavy atom. The van der Waals surface area contributed by atoms with Crippen molar-refractivity contribution in [2.24, 2.45) is 10.9 Å². The van der Waals surface area contributed by atoms with Crippen molar-refractivity contribution in [1.82, 2.24) is 24.9 Å². The summed E-state index contributed by atoms with van der Waals surface area (Å²) in [5.41, 5.74) is 7.39. The van der Waals surface area contributed by atoms with Gasteiger partial charge in [0.15, 0.2) is 11.7 Å². The van der Waals surface area contributed by atoms with Crippen molar-refractivity contribution in [3.05, 3.63) is 95.6 Å². The number of nitrogens with two attached hydrogens (primary N) is 2. The van der Waals surface area contributed by atoms with E-state index in [0.29, 0.717) is 29.5 Å². The number of hydrogen-bond donors (Lipinski definition) is 5. The molecule has 1 aromatic heterocycles. The van der Waals surface area contributed by atoms with Crippen LogP contribution >= 0.6 is 0 Å². The number of aromatic nitrogens is 2. The summed E-state index contributed by atoms with van der Waals surface area (Å²) in [6.45, 7) is 0.386. The minimum absolute atomic E-state index is 0.0809.